The van der Waals surface area contributed by atoms with Gasteiger partial charge in [-0.1, -0.05) is 36.4 Å². The van der Waals surface area contributed by atoms with Crippen LogP contribution in [-0.2, 0) is 10.5 Å². The number of hydrogen-bond donors (Lipinski definition) is 1. The molecule has 21 heavy (non-hydrogen) atoms. The molecule has 2 aromatic rings. The normalized spacial score (nSPS) is 9.86. The number of anilines is 1. The molecule has 0 fully saturated rings. The fourth-order valence-electron chi connectivity index (χ4n) is 1.82. The molecule has 0 heterocycles. The monoisotopic (exact) mass is 296 g/mol. The Bertz CT molecular complexity index is 635. The van der Waals surface area contributed by atoms with Gasteiger partial charge < -0.3 is 5.32 Å². The molecule has 0 aliphatic heterocycles. The first-order chi connectivity index (χ1) is 10.3. The Morgan fingerprint density at radius 1 is 1.14 bits per heavy atom. The number of hydrogen-bond acceptors (Lipinski definition) is 3. The number of rotatable bonds is 6. The van der Waals surface area contributed by atoms with Gasteiger partial charge in [-0.15, -0.1) is 0 Å². The molecule has 106 valence electrons. The molecule has 0 bridgehead atoms. The van der Waals surface area contributed by atoms with Crippen LogP contribution in [0, 0.1) is 11.3 Å². The summed E-state index contributed by atoms with van der Waals surface area (Å²) in [7, 11) is 0. The molecule has 0 atom stereocenters. The van der Waals surface area contributed by atoms with E-state index in [1.54, 1.807) is 36.0 Å². The maximum atomic E-state index is 11.8. The van der Waals surface area contributed by atoms with Crippen molar-refractivity contribution in [2.45, 2.75) is 12.2 Å². The van der Waals surface area contributed by atoms with Gasteiger partial charge in [0.2, 0.25) is 5.91 Å². The molecule has 3 nitrogen and oxygen atoms in total. The second-order valence-electron chi connectivity index (χ2n) is 4.53. The molecule has 2 aromatic carbocycles. The molecule has 1 N–H and O–H groups in total. The molecular weight excluding hydrogens is 280 g/mol. The summed E-state index contributed by atoms with van der Waals surface area (Å²) < 4.78 is 0. The predicted octanol–water partition coefficient (Wildman–Crippen LogP) is 3.82. The lowest BCUT2D eigenvalue weighted by Crippen LogP contribution is -2.12. The van der Waals surface area contributed by atoms with E-state index >= 15 is 0 Å². The van der Waals surface area contributed by atoms with E-state index in [0.717, 1.165) is 11.5 Å². The number of carbonyl (C=O) groups is 1. The lowest BCUT2D eigenvalue weighted by atomic mass is 10.2. The van der Waals surface area contributed by atoms with Crippen LogP contribution in [0.2, 0.25) is 0 Å². The Balaban J connectivity index is 1.71. The van der Waals surface area contributed by atoms with Gasteiger partial charge in [-0.05, 0) is 23.8 Å². The van der Waals surface area contributed by atoms with E-state index in [2.05, 4.69) is 23.5 Å². The summed E-state index contributed by atoms with van der Waals surface area (Å²) in [6, 6.07) is 19.2. The van der Waals surface area contributed by atoms with Crippen LogP contribution < -0.4 is 5.32 Å². The lowest BCUT2D eigenvalue weighted by Gasteiger charge is -2.05. The second-order valence-corrected chi connectivity index (χ2v) is 5.63. The molecule has 0 spiro atoms. The first-order valence-corrected chi connectivity index (χ1v) is 7.85. The molecule has 0 aliphatic carbocycles. The van der Waals surface area contributed by atoms with E-state index in [9.17, 15) is 4.79 Å². The van der Waals surface area contributed by atoms with Crippen LogP contribution in [0.4, 0.5) is 5.69 Å². The van der Waals surface area contributed by atoms with E-state index in [1.165, 1.54) is 5.56 Å². The highest BCUT2D eigenvalue weighted by molar-refractivity contribution is 7.98. The van der Waals surface area contributed by atoms with Crippen LogP contribution in [-0.4, -0.2) is 11.7 Å². The topological polar surface area (TPSA) is 52.9 Å². The number of nitrogens with zero attached hydrogens (tertiary/aromatic N) is 1. The predicted molar refractivity (Wildman–Crippen MR) is 87.0 cm³/mol. The summed E-state index contributed by atoms with van der Waals surface area (Å²) in [6.07, 6.45) is 0.467. The van der Waals surface area contributed by atoms with Crippen LogP contribution >= 0.6 is 11.8 Å². The quantitative estimate of drug-likeness (QED) is 0.824. The molecule has 0 unspecified atom stereocenters. The number of nitrogens with one attached hydrogen (secondary N) is 1. The van der Waals surface area contributed by atoms with E-state index < -0.39 is 0 Å². The number of benzene rings is 2. The van der Waals surface area contributed by atoms with Gasteiger partial charge in [-0.2, -0.15) is 17.0 Å². The first kappa shape index (κ1) is 15.1. The Kier molecular flexibility index (Phi) is 5.86. The number of carbonyl (C=O) groups excluding carboxylic acids is 1. The van der Waals surface area contributed by atoms with Crippen LogP contribution in [0.25, 0.3) is 0 Å². The molecule has 0 aliphatic rings. The summed E-state index contributed by atoms with van der Waals surface area (Å²) in [5.41, 5.74) is 2.49. The SMILES string of the molecule is N#Cc1cccc(NC(=O)CCSCc2ccccc2)c1. The van der Waals surface area contributed by atoms with Crippen molar-refractivity contribution in [2.75, 3.05) is 11.1 Å². The standard InChI is InChI=1S/C17H16N2OS/c18-12-15-7-4-8-16(11-15)19-17(20)9-10-21-13-14-5-2-1-3-6-14/h1-8,11H,9-10,13H2,(H,19,20). The maximum absolute atomic E-state index is 11.8. The average molecular weight is 296 g/mol. The minimum Gasteiger partial charge on any atom is -0.326 e. The fraction of sp³-hybridized carbons (Fsp3) is 0.176. The molecule has 0 radical (unpaired) electrons. The number of nitriles is 1. The fourth-order valence-corrected chi connectivity index (χ4v) is 2.72. The smallest absolute Gasteiger partial charge is 0.225 e. The van der Waals surface area contributed by atoms with Crippen LogP contribution in [0.3, 0.4) is 0 Å². The van der Waals surface area contributed by atoms with E-state index in [0.29, 0.717) is 17.7 Å². The van der Waals surface area contributed by atoms with Gasteiger partial charge in [0, 0.05) is 23.6 Å². The molecule has 0 saturated heterocycles. The third-order valence-electron chi connectivity index (χ3n) is 2.86. The molecular formula is C17H16N2OS. The average Bonchev–Trinajstić information content (AvgIpc) is 2.53. The second kappa shape index (κ2) is 8.13. The Labute approximate surface area is 129 Å². The van der Waals surface area contributed by atoms with Gasteiger partial charge in [0.05, 0.1) is 11.6 Å². The highest BCUT2D eigenvalue weighted by atomic mass is 32.2. The molecule has 0 aromatic heterocycles. The Hall–Kier alpha value is -2.25. The van der Waals surface area contributed by atoms with Crippen molar-refractivity contribution >= 4 is 23.4 Å². The van der Waals surface area contributed by atoms with Gasteiger partial charge in [-0.3, -0.25) is 4.79 Å². The van der Waals surface area contributed by atoms with Crippen molar-refractivity contribution in [1.29, 1.82) is 5.26 Å². The molecule has 1 amide bonds. The van der Waals surface area contributed by atoms with Gasteiger partial charge in [0.15, 0.2) is 0 Å². The molecule has 2 rings (SSSR count). The summed E-state index contributed by atoms with van der Waals surface area (Å²) in [6.45, 7) is 0. The van der Waals surface area contributed by atoms with Crippen molar-refractivity contribution in [2.24, 2.45) is 0 Å². The summed E-state index contributed by atoms with van der Waals surface area (Å²) in [4.78, 5) is 11.8. The summed E-state index contributed by atoms with van der Waals surface area (Å²) in [5, 5.41) is 11.6. The molecule has 4 heteroatoms. The zero-order chi connectivity index (χ0) is 14.9. The van der Waals surface area contributed by atoms with Gasteiger partial charge in [-0.25, -0.2) is 0 Å². The minimum absolute atomic E-state index is 0.0225. The zero-order valence-electron chi connectivity index (χ0n) is 11.6. The van der Waals surface area contributed by atoms with Gasteiger partial charge in [0.25, 0.3) is 0 Å². The van der Waals surface area contributed by atoms with Gasteiger partial charge in [0.1, 0.15) is 0 Å². The van der Waals surface area contributed by atoms with Crippen LogP contribution in [0.1, 0.15) is 17.5 Å². The van der Waals surface area contributed by atoms with E-state index in [1.807, 2.05) is 18.2 Å². The van der Waals surface area contributed by atoms with Crippen molar-refractivity contribution < 1.29 is 4.79 Å². The largest absolute Gasteiger partial charge is 0.326 e. The van der Waals surface area contributed by atoms with Crippen molar-refractivity contribution in [3.05, 3.63) is 65.7 Å². The van der Waals surface area contributed by atoms with Gasteiger partial charge >= 0.3 is 0 Å². The Morgan fingerprint density at radius 3 is 2.71 bits per heavy atom. The Morgan fingerprint density at radius 2 is 1.95 bits per heavy atom. The lowest BCUT2D eigenvalue weighted by molar-refractivity contribution is -0.115. The zero-order valence-corrected chi connectivity index (χ0v) is 12.4. The van der Waals surface area contributed by atoms with Crippen molar-refractivity contribution in [3.8, 4) is 6.07 Å². The highest BCUT2D eigenvalue weighted by Gasteiger charge is 2.03. The first-order valence-electron chi connectivity index (χ1n) is 6.69. The van der Waals surface area contributed by atoms with Crippen LogP contribution in [0.15, 0.2) is 54.6 Å². The molecule has 0 saturated carbocycles. The summed E-state index contributed by atoms with van der Waals surface area (Å²) in [5.74, 6) is 1.67. The number of thioether (sulfide) groups is 1. The third-order valence-corrected chi connectivity index (χ3v) is 3.89. The van der Waals surface area contributed by atoms with E-state index in [4.69, 9.17) is 5.26 Å². The highest BCUT2D eigenvalue weighted by Crippen LogP contribution is 2.14. The van der Waals surface area contributed by atoms with Crippen molar-refractivity contribution in [3.63, 3.8) is 0 Å². The van der Waals surface area contributed by atoms with Crippen molar-refractivity contribution in [1.82, 2.24) is 0 Å². The third kappa shape index (κ3) is 5.33. The minimum atomic E-state index is -0.0225. The maximum Gasteiger partial charge on any atom is 0.225 e. The number of amides is 1. The van der Waals surface area contributed by atoms with E-state index in [-0.39, 0.29) is 5.91 Å². The summed E-state index contributed by atoms with van der Waals surface area (Å²) >= 11 is 1.74. The van der Waals surface area contributed by atoms with Crippen LogP contribution in [0.5, 0.6) is 0 Å².